The smallest absolute Gasteiger partial charge is 0.244 e. The van der Waals surface area contributed by atoms with Crippen LogP contribution in [0.15, 0.2) is 24.3 Å². The molecule has 1 saturated carbocycles. The highest BCUT2D eigenvalue weighted by atomic mass is 16.2. The van der Waals surface area contributed by atoms with Crippen LogP contribution in [0.3, 0.4) is 0 Å². The highest BCUT2D eigenvalue weighted by Gasteiger charge is 2.60. The van der Waals surface area contributed by atoms with E-state index in [1.54, 1.807) is 0 Å². The number of amides is 1. The number of aryl methyl sites for hydroxylation is 1. The quantitative estimate of drug-likeness (QED) is 0.920. The van der Waals surface area contributed by atoms with Gasteiger partial charge < -0.3 is 4.90 Å². The molecule has 1 N–H and O–H groups in total. The van der Waals surface area contributed by atoms with Gasteiger partial charge in [0.05, 0.1) is 0 Å². The Bertz CT molecular complexity index is 531. The van der Waals surface area contributed by atoms with Gasteiger partial charge in [0.2, 0.25) is 5.91 Å². The van der Waals surface area contributed by atoms with Crippen molar-refractivity contribution >= 4 is 5.91 Å². The summed E-state index contributed by atoms with van der Waals surface area (Å²) in [6.45, 7) is 8.71. The van der Waals surface area contributed by atoms with E-state index >= 15 is 0 Å². The largest absolute Gasteiger partial charge is 0.318 e. The minimum absolute atomic E-state index is 0.0351. The van der Waals surface area contributed by atoms with Gasteiger partial charge in [-0.2, -0.15) is 0 Å². The average molecular weight is 286 g/mol. The summed E-state index contributed by atoms with van der Waals surface area (Å²) in [7, 11) is 0. The van der Waals surface area contributed by atoms with Crippen molar-refractivity contribution in [2.24, 2.45) is 5.92 Å². The summed E-state index contributed by atoms with van der Waals surface area (Å²) < 4.78 is 0. The second-order valence-electron chi connectivity index (χ2n) is 6.97. The van der Waals surface area contributed by atoms with Crippen molar-refractivity contribution in [3.63, 3.8) is 0 Å². The number of rotatable bonds is 4. The minimum atomic E-state index is -0.252. The third kappa shape index (κ3) is 2.38. The number of nitrogens with one attached hydrogen (secondary N) is 1. The normalized spacial score (nSPS) is 24.9. The summed E-state index contributed by atoms with van der Waals surface area (Å²) in [4.78, 5) is 15.0. The first-order valence-electron chi connectivity index (χ1n) is 8.15. The van der Waals surface area contributed by atoms with Crippen LogP contribution in [0.2, 0.25) is 0 Å². The Balaban J connectivity index is 1.96. The molecule has 0 aromatic heterocycles. The van der Waals surface area contributed by atoms with Crippen molar-refractivity contribution in [2.45, 2.75) is 64.7 Å². The second-order valence-corrected chi connectivity index (χ2v) is 6.97. The third-order valence-electron chi connectivity index (χ3n) is 5.02. The van der Waals surface area contributed by atoms with Gasteiger partial charge in [-0.15, -0.1) is 0 Å². The standard InChI is InChI=1S/C18H26N2O/c1-5-15(12(2)3)20-16(14-8-6-13(4)7-9-14)19-18(10-11-18)17(20)21/h6-9,12,15-16,19H,5,10-11H2,1-4H3. The third-order valence-corrected chi connectivity index (χ3v) is 5.02. The van der Waals surface area contributed by atoms with Gasteiger partial charge in [-0.3, -0.25) is 10.1 Å². The fourth-order valence-electron chi connectivity index (χ4n) is 3.56. The Morgan fingerprint density at radius 2 is 1.90 bits per heavy atom. The number of nitrogens with zero attached hydrogens (tertiary/aromatic N) is 1. The van der Waals surface area contributed by atoms with Crippen molar-refractivity contribution in [2.75, 3.05) is 0 Å². The van der Waals surface area contributed by atoms with Crippen LogP contribution in [0, 0.1) is 12.8 Å². The number of hydrogen-bond acceptors (Lipinski definition) is 2. The van der Waals surface area contributed by atoms with Gasteiger partial charge in [0.15, 0.2) is 0 Å². The zero-order chi connectivity index (χ0) is 15.2. The molecule has 0 bridgehead atoms. The predicted molar refractivity (Wildman–Crippen MR) is 84.8 cm³/mol. The molecule has 1 amide bonds. The lowest BCUT2D eigenvalue weighted by Gasteiger charge is -2.35. The molecule has 114 valence electrons. The summed E-state index contributed by atoms with van der Waals surface area (Å²) >= 11 is 0. The van der Waals surface area contributed by atoms with Crippen LogP contribution in [0.4, 0.5) is 0 Å². The van der Waals surface area contributed by atoms with Gasteiger partial charge in [0, 0.05) is 6.04 Å². The first-order valence-corrected chi connectivity index (χ1v) is 8.15. The molecule has 1 aliphatic carbocycles. The van der Waals surface area contributed by atoms with E-state index in [0.717, 1.165) is 19.3 Å². The number of carbonyl (C=O) groups is 1. The molecule has 1 heterocycles. The molecule has 2 atom stereocenters. The zero-order valence-electron chi connectivity index (χ0n) is 13.5. The van der Waals surface area contributed by atoms with E-state index in [9.17, 15) is 4.79 Å². The lowest BCUT2D eigenvalue weighted by molar-refractivity contribution is -0.134. The number of benzene rings is 1. The maximum atomic E-state index is 12.9. The summed E-state index contributed by atoms with van der Waals surface area (Å²) in [5, 5.41) is 3.62. The van der Waals surface area contributed by atoms with Gasteiger partial charge in [-0.1, -0.05) is 50.6 Å². The fraction of sp³-hybridized carbons (Fsp3) is 0.611. The molecular weight excluding hydrogens is 260 g/mol. The molecule has 0 radical (unpaired) electrons. The van der Waals surface area contributed by atoms with Gasteiger partial charge in [0.25, 0.3) is 0 Å². The van der Waals surface area contributed by atoms with Gasteiger partial charge in [-0.25, -0.2) is 0 Å². The summed E-state index contributed by atoms with van der Waals surface area (Å²) in [6.07, 6.45) is 3.01. The van der Waals surface area contributed by atoms with Crippen LogP contribution >= 0.6 is 0 Å². The van der Waals surface area contributed by atoms with Crippen molar-refractivity contribution in [3.05, 3.63) is 35.4 Å². The molecule has 3 nitrogen and oxygen atoms in total. The number of hydrogen-bond donors (Lipinski definition) is 1. The Morgan fingerprint density at radius 1 is 1.29 bits per heavy atom. The van der Waals surface area contributed by atoms with Crippen LogP contribution in [-0.2, 0) is 4.79 Å². The van der Waals surface area contributed by atoms with Gasteiger partial charge >= 0.3 is 0 Å². The van der Waals surface area contributed by atoms with Gasteiger partial charge in [0.1, 0.15) is 11.7 Å². The molecule has 21 heavy (non-hydrogen) atoms. The Kier molecular flexibility index (Phi) is 3.56. The molecule has 1 aromatic carbocycles. The minimum Gasteiger partial charge on any atom is -0.318 e. The first-order chi connectivity index (χ1) is 9.98. The average Bonchev–Trinajstić information content (AvgIpc) is 3.18. The SMILES string of the molecule is CCC(C(C)C)N1C(=O)C2(CC2)NC1c1ccc(C)cc1. The van der Waals surface area contributed by atoms with Crippen molar-refractivity contribution in [1.82, 2.24) is 10.2 Å². The van der Waals surface area contributed by atoms with Crippen LogP contribution in [0.25, 0.3) is 0 Å². The second kappa shape index (κ2) is 5.13. The fourth-order valence-corrected chi connectivity index (χ4v) is 3.56. The maximum Gasteiger partial charge on any atom is 0.244 e. The van der Waals surface area contributed by atoms with E-state index in [0.29, 0.717) is 17.9 Å². The zero-order valence-corrected chi connectivity index (χ0v) is 13.5. The monoisotopic (exact) mass is 286 g/mol. The first kappa shape index (κ1) is 14.6. The molecule has 1 saturated heterocycles. The maximum absolute atomic E-state index is 12.9. The summed E-state index contributed by atoms with van der Waals surface area (Å²) in [6, 6.07) is 8.88. The van der Waals surface area contributed by atoms with Crippen LogP contribution in [0.1, 0.15) is 57.3 Å². The molecule has 1 aromatic rings. The summed E-state index contributed by atoms with van der Waals surface area (Å²) in [5.41, 5.74) is 2.21. The lowest BCUT2D eigenvalue weighted by atomic mass is 9.98. The molecule has 2 aliphatic rings. The van der Waals surface area contributed by atoms with E-state index in [1.807, 2.05) is 0 Å². The topological polar surface area (TPSA) is 32.3 Å². The molecule has 2 fully saturated rings. The van der Waals surface area contributed by atoms with Crippen molar-refractivity contribution in [1.29, 1.82) is 0 Å². The van der Waals surface area contributed by atoms with E-state index in [4.69, 9.17) is 0 Å². The van der Waals surface area contributed by atoms with E-state index in [2.05, 4.69) is 62.2 Å². The molecule has 2 unspecified atom stereocenters. The molecular formula is C18H26N2O. The van der Waals surface area contributed by atoms with E-state index in [1.165, 1.54) is 11.1 Å². The van der Waals surface area contributed by atoms with Crippen LogP contribution in [-0.4, -0.2) is 22.4 Å². The Labute approximate surface area is 127 Å². The molecule has 1 aliphatic heterocycles. The van der Waals surface area contributed by atoms with Crippen molar-refractivity contribution < 1.29 is 4.79 Å². The van der Waals surface area contributed by atoms with Crippen LogP contribution in [0.5, 0.6) is 0 Å². The Hall–Kier alpha value is -1.35. The van der Waals surface area contributed by atoms with Crippen molar-refractivity contribution in [3.8, 4) is 0 Å². The Morgan fingerprint density at radius 3 is 2.38 bits per heavy atom. The highest BCUT2D eigenvalue weighted by Crippen LogP contribution is 2.47. The highest BCUT2D eigenvalue weighted by molar-refractivity contribution is 5.92. The lowest BCUT2D eigenvalue weighted by Crippen LogP contribution is -2.43. The van der Waals surface area contributed by atoms with E-state index < -0.39 is 0 Å². The molecule has 1 spiro atoms. The van der Waals surface area contributed by atoms with E-state index in [-0.39, 0.29) is 11.7 Å². The van der Waals surface area contributed by atoms with Crippen LogP contribution < -0.4 is 5.32 Å². The molecule has 3 rings (SSSR count). The summed E-state index contributed by atoms with van der Waals surface area (Å²) in [5.74, 6) is 0.788. The van der Waals surface area contributed by atoms with Gasteiger partial charge in [-0.05, 0) is 37.7 Å². The molecule has 3 heteroatoms. The predicted octanol–water partition coefficient (Wildman–Crippen LogP) is 3.39. The number of carbonyl (C=O) groups excluding carboxylic acids is 1.